The largest absolute Gasteiger partial charge is 0.330 e. The van der Waals surface area contributed by atoms with Crippen molar-refractivity contribution in [3.63, 3.8) is 0 Å². The number of hydrogen-bond donors (Lipinski definition) is 1. The lowest BCUT2D eigenvalue weighted by molar-refractivity contribution is 0.197. The van der Waals surface area contributed by atoms with E-state index in [0.29, 0.717) is 12.0 Å². The van der Waals surface area contributed by atoms with Crippen LogP contribution in [0.1, 0.15) is 31.9 Å². The van der Waals surface area contributed by atoms with Gasteiger partial charge in [-0.1, -0.05) is 22.0 Å². The molecule has 0 radical (unpaired) electrons. The van der Waals surface area contributed by atoms with Gasteiger partial charge in [0.25, 0.3) is 0 Å². The molecule has 1 heterocycles. The van der Waals surface area contributed by atoms with Crippen molar-refractivity contribution in [2.24, 2.45) is 11.7 Å². The van der Waals surface area contributed by atoms with Crippen molar-refractivity contribution in [2.75, 3.05) is 13.1 Å². The van der Waals surface area contributed by atoms with Gasteiger partial charge in [0.05, 0.1) is 0 Å². The van der Waals surface area contributed by atoms with Crippen molar-refractivity contribution in [3.05, 3.63) is 34.1 Å². The Morgan fingerprint density at radius 1 is 1.56 bits per heavy atom. The maximum absolute atomic E-state index is 14.0. The third kappa shape index (κ3) is 2.76. The van der Waals surface area contributed by atoms with Crippen LogP contribution in [0.4, 0.5) is 4.39 Å². The SMILES string of the molecule is CC1CC(CN)CN1C(C)c1ccc(Br)cc1F. The number of nitrogens with two attached hydrogens (primary N) is 1. The van der Waals surface area contributed by atoms with Crippen LogP contribution in [0.15, 0.2) is 22.7 Å². The van der Waals surface area contributed by atoms with E-state index in [1.165, 1.54) is 6.07 Å². The Balaban J connectivity index is 2.18. The molecule has 1 saturated heterocycles. The monoisotopic (exact) mass is 314 g/mol. The molecule has 1 fully saturated rings. The molecule has 0 amide bonds. The molecule has 2 N–H and O–H groups in total. The molecule has 18 heavy (non-hydrogen) atoms. The lowest BCUT2D eigenvalue weighted by atomic mass is 10.1. The Labute approximate surface area is 116 Å². The molecule has 0 aromatic heterocycles. The van der Waals surface area contributed by atoms with Gasteiger partial charge in [-0.15, -0.1) is 0 Å². The first-order valence-corrected chi connectivity index (χ1v) is 7.23. The van der Waals surface area contributed by atoms with Crippen molar-refractivity contribution in [1.82, 2.24) is 4.90 Å². The highest BCUT2D eigenvalue weighted by molar-refractivity contribution is 9.10. The Morgan fingerprint density at radius 3 is 2.83 bits per heavy atom. The quantitative estimate of drug-likeness (QED) is 0.927. The second-order valence-electron chi connectivity index (χ2n) is 5.23. The topological polar surface area (TPSA) is 29.3 Å². The zero-order valence-electron chi connectivity index (χ0n) is 10.9. The van der Waals surface area contributed by atoms with E-state index in [0.717, 1.165) is 29.5 Å². The number of benzene rings is 1. The molecule has 1 aromatic rings. The molecular weight excluding hydrogens is 295 g/mol. The predicted octanol–water partition coefficient (Wildman–Crippen LogP) is 3.32. The summed E-state index contributed by atoms with van der Waals surface area (Å²) in [5.41, 5.74) is 6.51. The Kier molecular flexibility index (Phi) is 4.41. The van der Waals surface area contributed by atoms with Crippen LogP contribution in [-0.4, -0.2) is 24.0 Å². The van der Waals surface area contributed by atoms with Gasteiger partial charge in [-0.25, -0.2) is 4.39 Å². The van der Waals surface area contributed by atoms with E-state index < -0.39 is 0 Å². The average Bonchev–Trinajstić information content (AvgIpc) is 2.70. The van der Waals surface area contributed by atoms with Gasteiger partial charge in [0.15, 0.2) is 0 Å². The van der Waals surface area contributed by atoms with Crippen LogP contribution in [0.25, 0.3) is 0 Å². The first-order chi connectivity index (χ1) is 8.52. The molecule has 1 aliphatic heterocycles. The normalized spacial score (nSPS) is 26.5. The minimum Gasteiger partial charge on any atom is -0.330 e. The summed E-state index contributed by atoms with van der Waals surface area (Å²) in [5.74, 6) is 0.404. The van der Waals surface area contributed by atoms with Gasteiger partial charge in [0.1, 0.15) is 5.82 Å². The summed E-state index contributed by atoms with van der Waals surface area (Å²) in [6, 6.07) is 5.87. The molecule has 0 bridgehead atoms. The molecule has 2 rings (SSSR count). The van der Waals surface area contributed by atoms with Gasteiger partial charge in [0, 0.05) is 28.7 Å². The Bertz CT molecular complexity index is 424. The molecule has 1 aliphatic rings. The molecule has 3 atom stereocenters. The van der Waals surface area contributed by atoms with Gasteiger partial charge in [-0.3, -0.25) is 4.90 Å². The first-order valence-electron chi connectivity index (χ1n) is 6.43. The van der Waals surface area contributed by atoms with Gasteiger partial charge in [-0.2, -0.15) is 0 Å². The fourth-order valence-corrected chi connectivity index (χ4v) is 3.23. The van der Waals surface area contributed by atoms with E-state index in [2.05, 4.69) is 34.7 Å². The number of hydrogen-bond acceptors (Lipinski definition) is 2. The molecule has 1 aromatic carbocycles. The predicted molar refractivity (Wildman–Crippen MR) is 75.8 cm³/mol. The molecular formula is C14H20BrFN2. The summed E-state index contributed by atoms with van der Waals surface area (Å²) >= 11 is 3.29. The van der Waals surface area contributed by atoms with E-state index in [-0.39, 0.29) is 11.9 Å². The van der Waals surface area contributed by atoms with Crippen LogP contribution in [0.5, 0.6) is 0 Å². The zero-order chi connectivity index (χ0) is 13.3. The maximum Gasteiger partial charge on any atom is 0.129 e. The van der Waals surface area contributed by atoms with Crippen LogP contribution < -0.4 is 5.73 Å². The van der Waals surface area contributed by atoms with Crippen molar-refractivity contribution in [1.29, 1.82) is 0 Å². The lowest BCUT2D eigenvalue weighted by Gasteiger charge is -2.29. The molecule has 3 unspecified atom stereocenters. The number of likely N-dealkylation sites (tertiary alicyclic amines) is 1. The third-order valence-corrected chi connectivity index (χ3v) is 4.45. The maximum atomic E-state index is 14.0. The minimum atomic E-state index is -0.139. The van der Waals surface area contributed by atoms with E-state index in [1.54, 1.807) is 0 Å². The highest BCUT2D eigenvalue weighted by Crippen LogP contribution is 2.33. The number of nitrogens with zero attached hydrogens (tertiary/aromatic N) is 1. The summed E-state index contributed by atoms with van der Waals surface area (Å²) in [7, 11) is 0. The highest BCUT2D eigenvalue weighted by Gasteiger charge is 2.32. The summed E-state index contributed by atoms with van der Waals surface area (Å²) in [4.78, 5) is 2.35. The van der Waals surface area contributed by atoms with E-state index in [9.17, 15) is 4.39 Å². The smallest absolute Gasteiger partial charge is 0.129 e. The summed E-state index contributed by atoms with van der Waals surface area (Å²) < 4.78 is 14.8. The second-order valence-corrected chi connectivity index (χ2v) is 6.14. The van der Waals surface area contributed by atoms with Gasteiger partial charge in [0.2, 0.25) is 0 Å². The van der Waals surface area contributed by atoms with Crippen molar-refractivity contribution in [2.45, 2.75) is 32.4 Å². The molecule has 0 spiro atoms. The highest BCUT2D eigenvalue weighted by atomic mass is 79.9. The fourth-order valence-electron chi connectivity index (χ4n) is 2.90. The first kappa shape index (κ1) is 14.0. The molecule has 4 heteroatoms. The van der Waals surface area contributed by atoms with Crippen LogP contribution in [0.3, 0.4) is 0 Å². The van der Waals surface area contributed by atoms with Gasteiger partial charge in [-0.05, 0) is 44.9 Å². The number of rotatable bonds is 3. The van der Waals surface area contributed by atoms with Crippen molar-refractivity contribution >= 4 is 15.9 Å². The summed E-state index contributed by atoms with van der Waals surface area (Å²) in [6.07, 6.45) is 1.11. The molecule has 0 saturated carbocycles. The average molecular weight is 315 g/mol. The van der Waals surface area contributed by atoms with Crippen molar-refractivity contribution < 1.29 is 4.39 Å². The van der Waals surface area contributed by atoms with E-state index >= 15 is 0 Å². The zero-order valence-corrected chi connectivity index (χ0v) is 12.5. The molecule has 2 nitrogen and oxygen atoms in total. The third-order valence-electron chi connectivity index (χ3n) is 3.95. The van der Waals surface area contributed by atoms with Gasteiger partial charge >= 0.3 is 0 Å². The van der Waals surface area contributed by atoms with Gasteiger partial charge < -0.3 is 5.73 Å². The minimum absolute atomic E-state index is 0.102. The Morgan fingerprint density at radius 2 is 2.28 bits per heavy atom. The molecule has 100 valence electrons. The van der Waals surface area contributed by atoms with E-state index in [4.69, 9.17) is 5.73 Å². The Hall–Kier alpha value is -0.450. The van der Waals surface area contributed by atoms with E-state index in [1.807, 2.05) is 12.1 Å². The van der Waals surface area contributed by atoms with Crippen LogP contribution in [-0.2, 0) is 0 Å². The summed E-state index contributed by atoms with van der Waals surface area (Å²) in [5, 5.41) is 0. The van der Waals surface area contributed by atoms with Crippen molar-refractivity contribution in [3.8, 4) is 0 Å². The van der Waals surface area contributed by atoms with Crippen LogP contribution >= 0.6 is 15.9 Å². The fraction of sp³-hybridized carbons (Fsp3) is 0.571. The molecule has 0 aliphatic carbocycles. The second kappa shape index (κ2) is 5.68. The van der Waals surface area contributed by atoms with Crippen LogP contribution in [0.2, 0.25) is 0 Å². The summed E-state index contributed by atoms with van der Waals surface area (Å²) in [6.45, 7) is 5.95. The standard InChI is InChI=1S/C14H20BrFN2/c1-9-5-11(7-17)8-18(9)10(2)13-4-3-12(15)6-14(13)16/h3-4,6,9-11H,5,7-8,17H2,1-2H3. The number of halogens is 2. The lowest BCUT2D eigenvalue weighted by Crippen LogP contribution is -2.31. The van der Waals surface area contributed by atoms with Crippen LogP contribution in [0, 0.1) is 11.7 Å².